The fraction of sp³-hybridized carbons (Fsp3) is 1.00. The summed E-state index contributed by atoms with van der Waals surface area (Å²) >= 11 is 0. The van der Waals surface area contributed by atoms with Gasteiger partial charge in [0.05, 0.1) is 13.2 Å². The molecular formula is C9H21O17P3. The van der Waals surface area contributed by atoms with Crippen LogP contribution in [0.25, 0.3) is 0 Å². The predicted octanol–water partition coefficient (Wildman–Crippen LogP) is -4.11. The van der Waals surface area contributed by atoms with Crippen molar-refractivity contribution in [3.63, 3.8) is 0 Å². The van der Waals surface area contributed by atoms with Crippen molar-refractivity contribution in [1.82, 2.24) is 0 Å². The minimum Gasteiger partial charge on any atom is -0.394 e. The molecule has 0 aliphatic heterocycles. The van der Waals surface area contributed by atoms with Gasteiger partial charge in [-0.25, -0.2) is 13.7 Å². The zero-order valence-electron chi connectivity index (χ0n) is 14.1. The van der Waals surface area contributed by atoms with Crippen LogP contribution in [0.3, 0.4) is 0 Å². The lowest BCUT2D eigenvalue weighted by molar-refractivity contribution is -0.213. The summed E-state index contributed by atoms with van der Waals surface area (Å²) < 4.78 is 50.9. The lowest BCUT2D eigenvalue weighted by Crippen LogP contribution is -2.65. The van der Waals surface area contributed by atoms with Gasteiger partial charge in [0.1, 0.15) is 42.7 Å². The maximum absolute atomic E-state index is 11.9. The average Bonchev–Trinajstić information content (AvgIpc) is 2.56. The van der Waals surface area contributed by atoms with Crippen molar-refractivity contribution in [2.75, 3.05) is 13.2 Å². The van der Waals surface area contributed by atoms with Gasteiger partial charge in [0.2, 0.25) is 0 Å². The quantitative estimate of drug-likeness (QED) is 0.129. The number of aliphatic hydroxyl groups excluding tert-OH is 5. The Balaban J connectivity index is 3.16. The first-order valence-electron chi connectivity index (χ1n) is 7.44. The van der Waals surface area contributed by atoms with Crippen LogP contribution >= 0.6 is 23.5 Å². The van der Waals surface area contributed by atoms with E-state index in [0.717, 1.165) is 0 Å². The largest absolute Gasteiger partial charge is 0.472 e. The maximum Gasteiger partial charge on any atom is 0.472 e. The smallest absolute Gasteiger partial charge is 0.394 e. The Morgan fingerprint density at radius 2 is 1.07 bits per heavy atom. The molecule has 174 valence electrons. The Hall–Kier alpha value is 0.130. The van der Waals surface area contributed by atoms with Crippen molar-refractivity contribution in [2.45, 2.75) is 42.7 Å². The van der Waals surface area contributed by atoms with Crippen LogP contribution in [0.4, 0.5) is 0 Å². The fourth-order valence-corrected chi connectivity index (χ4v) is 4.39. The molecule has 1 aliphatic rings. The third kappa shape index (κ3) is 8.65. The van der Waals surface area contributed by atoms with Crippen molar-refractivity contribution >= 4 is 23.5 Å². The van der Waals surface area contributed by atoms with Crippen LogP contribution < -0.4 is 0 Å². The van der Waals surface area contributed by atoms with Crippen molar-refractivity contribution < 1.29 is 81.8 Å². The summed E-state index contributed by atoms with van der Waals surface area (Å²) in [5.41, 5.74) is 0. The minimum atomic E-state index is -5.44. The molecule has 0 heterocycles. The summed E-state index contributed by atoms with van der Waals surface area (Å²) in [5, 5.41) is 47.9. The lowest BCUT2D eigenvalue weighted by Gasteiger charge is -2.44. The second-order valence-electron chi connectivity index (χ2n) is 5.76. The van der Waals surface area contributed by atoms with Gasteiger partial charge in [-0.05, 0) is 0 Å². The highest BCUT2D eigenvalue weighted by Gasteiger charge is 2.56. The molecule has 8 atom stereocenters. The predicted molar refractivity (Wildman–Crippen MR) is 85.6 cm³/mol. The third-order valence-electron chi connectivity index (χ3n) is 3.43. The van der Waals surface area contributed by atoms with Gasteiger partial charge < -0.3 is 50.0 Å². The van der Waals surface area contributed by atoms with Crippen molar-refractivity contribution in [3.8, 4) is 0 Å². The lowest BCUT2D eigenvalue weighted by atomic mass is 9.85. The molecule has 1 rings (SSSR count). The van der Waals surface area contributed by atoms with Crippen molar-refractivity contribution in [1.29, 1.82) is 0 Å². The van der Waals surface area contributed by atoms with Gasteiger partial charge in [-0.2, -0.15) is 0 Å². The van der Waals surface area contributed by atoms with Crippen LogP contribution in [0.1, 0.15) is 0 Å². The molecule has 1 fully saturated rings. The van der Waals surface area contributed by atoms with Gasteiger partial charge in [0.25, 0.3) is 0 Å². The van der Waals surface area contributed by atoms with E-state index in [1.807, 2.05) is 0 Å². The van der Waals surface area contributed by atoms with Gasteiger partial charge >= 0.3 is 23.5 Å². The van der Waals surface area contributed by atoms with E-state index in [-0.39, 0.29) is 0 Å². The number of hydrogen-bond acceptors (Lipinski definition) is 12. The summed E-state index contributed by atoms with van der Waals surface area (Å²) in [7, 11) is -16.1. The van der Waals surface area contributed by atoms with E-state index in [2.05, 4.69) is 18.1 Å². The molecule has 20 heteroatoms. The normalized spacial score (nSPS) is 34.6. The van der Waals surface area contributed by atoms with Gasteiger partial charge in [-0.1, -0.05) is 0 Å². The molecule has 17 nitrogen and oxygen atoms in total. The Labute approximate surface area is 162 Å². The Kier molecular flexibility index (Phi) is 9.52. The average molecular weight is 494 g/mol. The number of rotatable bonds is 10. The summed E-state index contributed by atoms with van der Waals surface area (Å²) in [6.45, 7) is -1.84. The summed E-state index contributed by atoms with van der Waals surface area (Å²) in [6.07, 6.45) is -16.2. The van der Waals surface area contributed by atoms with Crippen LogP contribution in [0.15, 0.2) is 0 Å². The molecule has 0 radical (unpaired) electrons. The monoisotopic (exact) mass is 494 g/mol. The molecule has 0 saturated heterocycles. The molecule has 0 aromatic rings. The van der Waals surface area contributed by atoms with E-state index in [4.69, 9.17) is 29.8 Å². The summed E-state index contributed by atoms with van der Waals surface area (Å²) in [4.78, 5) is 45.1. The fourth-order valence-electron chi connectivity index (χ4n) is 2.28. The van der Waals surface area contributed by atoms with Crippen LogP contribution in [0.2, 0.25) is 0 Å². The third-order valence-corrected chi connectivity index (χ3v) is 5.45. The summed E-state index contributed by atoms with van der Waals surface area (Å²) in [5.74, 6) is 0. The molecule has 1 aliphatic carbocycles. The Morgan fingerprint density at radius 1 is 0.724 bits per heavy atom. The zero-order valence-corrected chi connectivity index (χ0v) is 16.8. The minimum absolute atomic E-state index is 0.878. The first-order valence-corrected chi connectivity index (χ1v) is 12.0. The number of phosphoric acid groups is 3. The zero-order chi connectivity index (χ0) is 22.8. The molecule has 10 N–H and O–H groups in total. The molecule has 0 aromatic carbocycles. The standard InChI is InChI=1S/C9H21O17P3/c10-1-3(11)2-23-29(21,22)26-9-5(13)7(24-27(15,16)17)4(12)8(6(9)14)25-28(18,19)20/h3-14H,1-2H2,(H,21,22)(H2,15,16,17)(H2,18,19,20)/t3?,4?,5-,6-,7-,8+,9?/m1/s1. The first kappa shape index (κ1) is 27.2. The SMILES string of the molecule is O=P(O)(O)O[C@@H]1C(O)[C@H](OP(=O)(O)O)[C@@H](O)C(OP(=O)(O)OCC(O)CO)[C@@H]1O. The highest BCUT2D eigenvalue weighted by Crippen LogP contribution is 2.50. The number of phosphoric ester groups is 3. The molecule has 0 aromatic heterocycles. The van der Waals surface area contributed by atoms with E-state index in [0.29, 0.717) is 0 Å². The van der Waals surface area contributed by atoms with Crippen LogP contribution in [0.5, 0.6) is 0 Å². The molecule has 29 heavy (non-hydrogen) atoms. The highest BCUT2D eigenvalue weighted by molar-refractivity contribution is 7.47. The topological polar surface area (TPSA) is 290 Å². The van der Waals surface area contributed by atoms with Crippen LogP contribution in [0, 0.1) is 0 Å². The van der Waals surface area contributed by atoms with E-state index < -0.39 is 79.4 Å². The Bertz CT molecular complexity index is 635. The molecule has 4 unspecified atom stereocenters. The first-order chi connectivity index (χ1) is 13.0. The number of hydrogen-bond donors (Lipinski definition) is 10. The van der Waals surface area contributed by atoms with E-state index in [9.17, 15) is 33.9 Å². The molecule has 1 saturated carbocycles. The number of aliphatic hydroxyl groups is 5. The summed E-state index contributed by atoms with van der Waals surface area (Å²) in [6, 6.07) is 0. The Morgan fingerprint density at radius 3 is 1.38 bits per heavy atom. The van der Waals surface area contributed by atoms with Crippen LogP contribution in [-0.4, -0.2) is 106 Å². The maximum atomic E-state index is 11.9. The second-order valence-corrected chi connectivity index (χ2v) is 9.55. The highest BCUT2D eigenvalue weighted by atomic mass is 31.2. The van der Waals surface area contributed by atoms with Gasteiger partial charge in [-0.3, -0.25) is 18.1 Å². The second kappa shape index (κ2) is 10.2. The molecule has 0 amide bonds. The van der Waals surface area contributed by atoms with Crippen molar-refractivity contribution in [3.05, 3.63) is 0 Å². The van der Waals surface area contributed by atoms with E-state index in [1.165, 1.54) is 0 Å². The van der Waals surface area contributed by atoms with Gasteiger partial charge in [-0.15, -0.1) is 0 Å². The molecule has 0 bridgehead atoms. The van der Waals surface area contributed by atoms with E-state index >= 15 is 0 Å². The van der Waals surface area contributed by atoms with Gasteiger partial charge in [0.15, 0.2) is 0 Å². The van der Waals surface area contributed by atoms with Crippen molar-refractivity contribution in [2.24, 2.45) is 0 Å². The van der Waals surface area contributed by atoms with E-state index in [1.54, 1.807) is 0 Å². The molecule has 0 spiro atoms. The molecular weight excluding hydrogens is 473 g/mol. The van der Waals surface area contributed by atoms with Gasteiger partial charge in [0, 0.05) is 0 Å². The van der Waals surface area contributed by atoms with Crippen LogP contribution in [-0.2, 0) is 31.8 Å².